The van der Waals surface area contributed by atoms with E-state index in [1.807, 2.05) is 48.5 Å². The zero-order valence-corrected chi connectivity index (χ0v) is 11.9. The lowest BCUT2D eigenvalue weighted by atomic mass is 9.99. The van der Waals surface area contributed by atoms with Crippen LogP contribution in [0.2, 0.25) is 0 Å². The third-order valence-electron chi connectivity index (χ3n) is 4.32. The molecule has 1 saturated carbocycles. The van der Waals surface area contributed by atoms with Crippen LogP contribution in [0.3, 0.4) is 0 Å². The van der Waals surface area contributed by atoms with E-state index >= 15 is 0 Å². The van der Waals surface area contributed by atoms with Gasteiger partial charge in [-0.1, -0.05) is 48.5 Å². The van der Waals surface area contributed by atoms with E-state index in [9.17, 15) is 15.2 Å². The highest BCUT2D eigenvalue weighted by Crippen LogP contribution is 2.64. The lowest BCUT2D eigenvalue weighted by Crippen LogP contribution is -2.26. The minimum Gasteiger partial charge on any atom is -0.396 e. The summed E-state index contributed by atoms with van der Waals surface area (Å²) in [6, 6.07) is 20.6. The molecule has 0 saturated heterocycles. The van der Waals surface area contributed by atoms with E-state index in [2.05, 4.69) is 11.4 Å². The monoisotopic (exact) mass is 292 g/mol. The number of carbonyl (C=O) groups excluding carboxylic acids is 1. The van der Waals surface area contributed by atoms with E-state index in [1.165, 1.54) is 0 Å². The van der Waals surface area contributed by atoms with E-state index in [1.54, 1.807) is 12.1 Å². The lowest BCUT2D eigenvalue weighted by Gasteiger charge is -2.10. The predicted molar refractivity (Wildman–Crippen MR) is 82.9 cm³/mol. The molecule has 2 N–H and O–H groups in total. The largest absolute Gasteiger partial charge is 0.396 e. The highest BCUT2D eigenvalue weighted by atomic mass is 16.3. The molecule has 0 aromatic heterocycles. The number of anilines is 1. The summed E-state index contributed by atoms with van der Waals surface area (Å²) in [7, 11) is 0. The summed E-state index contributed by atoms with van der Waals surface area (Å²) in [5.41, 5.74) is 0.357. The fraction of sp³-hybridized carbons (Fsp3) is 0.222. The number of benzene rings is 2. The zero-order chi connectivity index (χ0) is 15.6. The molecular formula is C18H16N2O2. The molecule has 4 heteroatoms. The van der Waals surface area contributed by atoms with Crippen molar-refractivity contribution in [3.8, 4) is 6.07 Å². The Morgan fingerprint density at radius 3 is 2.27 bits per heavy atom. The van der Waals surface area contributed by atoms with Crippen LogP contribution in [0.25, 0.3) is 0 Å². The number of nitriles is 1. The smallest absolute Gasteiger partial charge is 0.245 e. The molecule has 110 valence electrons. The van der Waals surface area contributed by atoms with Gasteiger partial charge in [0.05, 0.1) is 6.07 Å². The van der Waals surface area contributed by atoms with Gasteiger partial charge in [0.1, 0.15) is 5.41 Å². The van der Waals surface area contributed by atoms with Gasteiger partial charge in [-0.15, -0.1) is 0 Å². The Hall–Kier alpha value is -2.64. The number of nitrogens with one attached hydrogen (secondary N) is 1. The summed E-state index contributed by atoms with van der Waals surface area (Å²) in [6.07, 6.45) is 0. The van der Waals surface area contributed by atoms with E-state index in [0.29, 0.717) is 5.69 Å². The second-order valence-electron chi connectivity index (χ2n) is 5.48. The minimum absolute atomic E-state index is 0.185. The maximum Gasteiger partial charge on any atom is 0.245 e. The standard InChI is InChI=1S/C18H16N2O2/c19-12-18(17(22)20-14-9-5-2-6-10-14)15(11-21)16(18)13-7-3-1-4-8-13/h1-10,15-16,21H,11H2,(H,20,22)/t15-,16-,18-/m0/s1. The van der Waals surface area contributed by atoms with Gasteiger partial charge in [-0.25, -0.2) is 0 Å². The summed E-state index contributed by atoms with van der Waals surface area (Å²) >= 11 is 0. The van der Waals surface area contributed by atoms with Crippen LogP contribution in [-0.2, 0) is 4.79 Å². The Morgan fingerprint density at radius 1 is 1.14 bits per heavy atom. The van der Waals surface area contributed by atoms with Crippen molar-refractivity contribution in [3.05, 3.63) is 66.2 Å². The van der Waals surface area contributed by atoms with Crippen LogP contribution in [0.15, 0.2) is 60.7 Å². The van der Waals surface area contributed by atoms with Crippen molar-refractivity contribution in [2.75, 3.05) is 11.9 Å². The van der Waals surface area contributed by atoms with Crippen LogP contribution >= 0.6 is 0 Å². The molecule has 3 rings (SSSR count). The van der Waals surface area contributed by atoms with E-state index in [-0.39, 0.29) is 24.3 Å². The molecule has 0 spiro atoms. The molecule has 3 atom stereocenters. The number of para-hydroxylation sites is 1. The van der Waals surface area contributed by atoms with Crippen molar-refractivity contribution in [1.29, 1.82) is 5.26 Å². The Bertz CT molecular complexity index is 709. The molecule has 0 aliphatic heterocycles. The van der Waals surface area contributed by atoms with Crippen LogP contribution in [0.1, 0.15) is 11.5 Å². The molecule has 1 fully saturated rings. The van der Waals surface area contributed by atoms with Crippen molar-refractivity contribution < 1.29 is 9.90 Å². The van der Waals surface area contributed by atoms with Gasteiger partial charge in [0.15, 0.2) is 0 Å². The van der Waals surface area contributed by atoms with Crippen LogP contribution in [0.4, 0.5) is 5.69 Å². The lowest BCUT2D eigenvalue weighted by molar-refractivity contribution is -0.120. The Morgan fingerprint density at radius 2 is 1.73 bits per heavy atom. The van der Waals surface area contributed by atoms with Gasteiger partial charge in [-0.3, -0.25) is 4.79 Å². The number of rotatable bonds is 4. The number of hydrogen-bond acceptors (Lipinski definition) is 3. The van der Waals surface area contributed by atoms with Gasteiger partial charge in [-0.2, -0.15) is 5.26 Å². The third-order valence-corrected chi connectivity index (χ3v) is 4.32. The van der Waals surface area contributed by atoms with E-state index in [0.717, 1.165) is 5.56 Å². The summed E-state index contributed by atoms with van der Waals surface area (Å²) in [4.78, 5) is 12.6. The number of aliphatic hydroxyl groups is 1. The number of amides is 1. The molecule has 0 bridgehead atoms. The van der Waals surface area contributed by atoms with Gasteiger partial charge in [0.25, 0.3) is 0 Å². The molecule has 22 heavy (non-hydrogen) atoms. The molecule has 1 aliphatic rings. The predicted octanol–water partition coefficient (Wildman–Crippen LogP) is 2.54. The fourth-order valence-corrected chi connectivity index (χ4v) is 3.13. The van der Waals surface area contributed by atoms with E-state index in [4.69, 9.17) is 0 Å². The molecule has 0 heterocycles. The maximum absolute atomic E-state index is 12.6. The van der Waals surface area contributed by atoms with Gasteiger partial charge >= 0.3 is 0 Å². The minimum atomic E-state index is -1.20. The van der Waals surface area contributed by atoms with E-state index < -0.39 is 5.41 Å². The van der Waals surface area contributed by atoms with Gasteiger partial charge < -0.3 is 10.4 Å². The molecule has 2 aromatic rings. The van der Waals surface area contributed by atoms with Crippen LogP contribution < -0.4 is 5.32 Å². The normalized spacial score (nSPS) is 26.0. The fourth-order valence-electron chi connectivity index (χ4n) is 3.13. The highest BCUT2D eigenvalue weighted by molar-refractivity contribution is 6.01. The first kappa shape index (κ1) is 14.3. The first-order valence-corrected chi connectivity index (χ1v) is 7.17. The van der Waals surface area contributed by atoms with Crippen LogP contribution in [0.5, 0.6) is 0 Å². The van der Waals surface area contributed by atoms with Crippen molar-refractivity contribution in [1.82, 2.24) is 0 Å². The zero-order valence-electron chi connectivity index (χ0n) is 11.9. The third kappa shape index (κ3) is 2.16. The highest BCUT2D eigenvalue weighted by Gasteiger charge is 2.70. The topological polar surface area (TPSA) is 73.1 Å². The average Bonchev–Trinajstić information content (AvgIpc) is 3.26. The van der Waals surface area contributed by atoms with Crippen molar-refractivity contribution in [3.63, 3.8) is 0 Å². The SMILES string of the molecule is N#C[C@]1(C(=O)Nc2ccccc2)[C@@H](CO)[C@@H]1c1ccccc1. The summed E-state index contributed by atoms with van der Waals surface area (Å²) in [6.45, 7) is -0.185. The molecular weight excluding hydrogens is 276 g/mol. The Balaban J connectivity index is 1.89. The number of hydrogen-bond donors (Lipinski definition) is 2. The van der Waals surface area contributed by atoms with Crippen LogP contribution in [0, 0.1) is 22.7 Å². The van der Waals surface area contributed by atoms with Gasteiger partial charge in [-0.05, 0) is 17.7 Å². The van der Waals surface area contributed by atoms with Crippen molar-refractivity contribution in [2.45, 2.75) is 5.92 Å². The van der Waals surface area contributed by atoms with Crippen molar-refractivity contribution >= 4 is 11.6 Å². The molecule has 0 unspecified atom stereocenters. The first-order chi connectivity index (χ1) is 10.7. The van der Waals surface area contributed by atoms with Gasteiger partial charge in [0, 0.05) is 24.1 Å². The Kier molecular flexibility index (Phi) is 3.66. The molecule has 1 amide bonds. The molecule has 2 aromatic carbocycles. The molecule has 1 aliphatic carbocycles. The maximum atomic E-state index is 12.6. The number of aliphatic hydroxyl groups excluding tert-OH is 1. The second-order valence-corrected chi connectivity index (χ2v) is 5.48. The number of carbonyl (C=O) groups is 1. The summed E-state index contributed by atoms with van der Waals surface area (Å²) in [5, 5.41) is 22.0. The summed E-state index contributed by atoms with van der Waals surface area (Å²) in [5.74, 6) is -0.995. The quantitative estimate of drug-likeness (QED) is 0.909. The van der Waals surface area contributed by atoms with Crippen molar-refractivity contribution in [2.24, 2.45) is 11.3 Å². The van der Waals surface area contributed by atoms with Crippen LogP contribution in [-0.4, -0.2) is 17.6 Å². The molecule has 4 nitrogen and oxygen atoms in total. The second kappa shape index (κ2) is 5.63. The first-order valence-electron chi connectivity index (χ1n) is 7.17. The number of nitrogens with zero attached hydrogens (tertiary/aromatic N) is 1. The molecule has 0 radical (unpaired) electrons. The Labute approximate surface area is 129 Å². The van der Waals surface area contributed by atoms with Gasteiger partial charge in [0.2, 0.25) is 5.91 Å². The summed E-state index contributed by atoms with van der Waals surface area (Å²) < 4.78 is 0. The average molecular weight is 292 g/mol.